The highest BCUT2D eigenvalue weighted by Crippen LogP contribution is 2.40. The maximum absolute atomic E-state index is 12.9. The molecule has 25 heavy (non-hydrogen) atoms. The van der Waals surface area contributed by atoms with Crippen molar-refractivity contribution in [2.75, 3.05) is 0 Å². The van der Waals surface area contributed by atoms with E-state index in [1.165, 1.54) is 0 Å². The van der Waals surface area contributed by atoms with Gasteiger partial charge in [-0.15, -0.1) is 0 Å². The summed E-state index contributed by atoms with van der Waals surface area (Å²) in [6, 6.07) is 0.934. The van der Waals surface area contributed by atoms with Crippen LogP contribution in [0.2, 0.25) is 20.1 Å². The summed E-state index contributed by atoms with van der Waals surface area (Å²) >= 11 is 22.4. The van der Waals surface area contributed by atoms with Gasteiger partial charge in [-0.1, -0.05) is 46.4 Å². The van der Waals surface area contributed by atoms with Gasteiger partial charge in [0.2, 0.25) is 0 Å². The molecule has 2 nitrogen and oxygen atoms in total. The predicted octanol–water partition coefficient (Wildman–Crippen LogP) is 6.49. The van der Waals surface area contributed by atoms with Crippen LogP contribution in [0.15, 0.2) is 23.1 Å². The van der Waals surface area contributed by atoms with Crippen LogP contribution in [-0.4, -0.2) is 4.57 Å². The van der Waals surface area contributed by atoms with Crippen molar-refractivity contribution in [3.8, 4) is 5.69 Å². The number of nitrogens with zero attached hydrogens (tertiary/aromatic N) is 1. The number of benzene rings is 1. The van der Waals surface area contributed by atoms with Crippen LogP contribution in [0.1, 0.15) is 11.1 Å². The van der Waals surface area contributed by atoms with E-state index in [-0.39, 0.29) is 0 Å². The Morgan fingerprint density at radius 2 is 1.28 bits per heavy atom. The minimum Gasteiger partial charge on any atom is -0.278 e. The van der Waals surface area contributed by atoms with Crippen molar-refractivity contribution in [1.29, 1.82) is 0 Å². The topological polar surface area (TPSA) is 22.0 Å². The van der Waals surface area contributed by atoms with E-state index in [4.69, 9.17) is 46.4 Å². The molecular weight excluding hydrogens is 442 g/mol. The second kappa shape index (κ2) is 6.57. The number of rotatable bonds is 1. The Hall–Kier alpha value is -1.09. The quantitative estimate of drug-likeness (QED) is 0.461. The normalized spacial score (nSPS) is 12.6. The van der Waals surface area contributed by atoms with Crippen molar-refractivity contribution in [3.63, 3.8) is 0 Å². The van der Waals surface area contributed by atoms with Crippen molar-refractivity contribution in [3.05, 3.63) is 59.9 Å². The van der Waals surface area contributed by atoms with Crippen LogP contribution < -0.4 is 5.56 Å². The van der Waals surface area contributed by atoms with Gasteiger partial charge in [0.1, 0.15) is 5.02 Å². The van der Waals surface area contributed by atoms with E-state index in [0.717, 1.165) is 0 Å². The van der Waals surface area contributed by atoms with Crippen molar-refractivity contribution in [1.82, 2.24) is 4.57 Å². The first kappa shape index (κ1) is 20.2. The summed E-state index contributed by atoms with van der Waals surface area (Å²) in [4.78, 5) is 12.1. The lowest BCUT2D eigenvalue weighted by atomic mass is 10.2. The summed E-state index contributed by atoms with van der Waals surface area (Å²) in [6.45, 7) is 0. The molecule has 1 aromatic carbocycles. The molecule has 2 aromatic rings. The molecule has 0 radical (unpaired) electrons. The van der Waals surface area contributed by atoms with Gasteiger partial charge >= 0.3 is 12.4 Å². The van der Waals surface area contributed by atoms with Crippen LogP contribution in [0.5, 0.6) is 0 Å². The molecule has 2 rings (SSSR count). The molecule has 0 N–H and O–H groups in total. The molecule has 1 heterocycles. The molecule has 0 spiro atoms. The summed E-state index contributed by atoms with van der Waals surface area (Å²) in [5, 5.41) is -3.49. The van der Waals surface area contributed by atoms with Gasteiger partial charge in [0.25, 0.3) is 5.56 Å². The SMILES string of the molecule is O=c1c(Cl)c(C(F)(F)F)c(Cl)cn1-c1c(Cl)cc(C(F)(F)F)cc1Cl. The minimum absolute atomic E-state index is 0.449. The van der Waals surface area contributed by atoms with Crippen LogP contribution in [0, 0.1) is 0 Å². The Kier molecular flexibility index (Phi) is 5.32. The van der Waals surface area contributed by atoms with Crippen LogP contribution in [0.3, 0.4) is 0 Å². The highest BCUT2D eigenvalue weighted by Gasteiger charge is 2.38. The number of alkyl halides is 6. The van der Waals surface area contributed by atoms with Crippen molar-refractivity contribution in [2.45, 2.75) is 12.4 Å². The Morgan fingerprint density at radius 1 is 0.800 bits per heavy atom. The molecule has 0 aliphatic heterocycles. The molecule has 12 heteroatoms. The van der Waals surface area contributed by atoms with Gasteiger partial charge in [-0.3, -0.25) is 9.36 Å². The fourth-order valence-electron chi connectivity index (χ4n) is 1.94. The number of halogens is 10. The van der Waals surface area contributed by atoms with Gasteiger partial charge in [-0.05, 0) is 12.1 Å². The molecule has 0 atom stereocenters. The van der Waals surface area contributed by atoms with E-state index in [0.29, 0.717) is 22.9 Å². The molecule has 0 bridgehead atoms. The van der Waals surface area contributed by atoms with E-state index in [2.05, 4.69) is 0 Å². The van der Waals surface area contributed by atoms with Gasteiger partial charge in [-0.2, -0.15) is 26.3 Å². The zero-order valence-corrected chi connectivity index (χ0v) is 14.4. The molecule has 1 aromatic heterocycles. The predicted molar refractivity (Wildman–Crippen MR) is 82.1 cm³/mol. The molecule has 136 valence electrons. The van der Waals surface area contributed by atoms with Crippen LogP contribution in [-0.2, 0) is 12.4 Å². The summed E-state index contributed by atoms with van der Waals surface area (Å²) in [6.07, 6.45) is -9.26. The summed E-state index contributed by atoms with van der Waals surface area (Å²) in [5.41, 5.74) is -4.67. The van der Waals surface area contributed by atoms with Gasteiger partial charge in [0.15, 0.2) is 0 Å². The van der Waals surface area contributed by atoms with Gasteiger partial charge in [-0.25, -0.2) is 0 Å². The first-order valence-electron chi connectivity index (χ1n) is 5.99. The number of hydrogen-bond acceptors (Lipinski definition) is 1. The van der Waals surface area contributed by atoms with Crippen molar-refractivity contribution < 1.29 is 26.3 Å². The van der Waals surface area contributed by atoms with E-state index < -0.39 is 54.8 Å². The van der Waals surface area contributed by atoms with E-state index in [1.54, 1.807) is 0 Å². The first-order valence-corrected chi connectivity index (χ1v) is 7.50. The van der Waals surface area contributed by atoms with Crippen LogP contribution >= 0.6 is 46.4 Å². The third-order valence-corrected chi connectivity index (χ3v) is 4.19. The fraction of sp³-hybridized carbons (Fsp3) is 0.154. The summed E-state index contributed by atoms with van der Waals surface area (Å²) < 4.78 is 77.2. The molecule has 0 aliphatic rings. The van der Waals surface area contributed by atoms with E-state index in [9.17, 15) is 31.1 Å². The van der Waals surface area contributed by atoms with Gasteiger partial charge < -0.3 is 0 Å². The Labute approximate surface area is 155 Å². The molecular formula is C13H3Cl4F6NO. The van der Waals surface area contributed by atoms with Gasteiger partial charge in [0, 0.05) is 6.20 Å². The molecule has 0 amide bonds. The molecule has 0 saturated heterocycles. The maximum atomic E-state index is 12.9. The smallest absolute Gasteiger partial charge is 0.278 e. The Morgan fingerprint density at radius 3 is 1.68 bits per heavy atom. The van der Waals surface area contributed by atoms with E-state index >= 15 is 0 Å². The number of hydrogen-bond donors (Lipinski definition) is 0. The lowest BCUT2D eigenvalue weighted by Crippen LogP contribution is -2.24. The zero-order valence-electron chi connectivity index (χ0n) is 11.4. The number of pyridine rings is 1. The number of aromatic nitrogens is 1. The average molecular weight is 445 g/mol. The first-order chi connectivity index (χ1) is 11.2. The van der Waals surface area contributed by atoms with Crippen molar-refractivity contribution in [2.24, 2.45) is 0 Å². The monoisotopic (exact) mass is 443 g/mol. The third-order valence-electron chi connectivity index (χ3n) is 2.98. The molecule has 0 saturated carbocycles. The van der Waals surface area contributed by atoms with Crippen LogP contribution in [0.4, 0.5) is 26.3 Å². The lowest BCUT2D eigenvalue weighted by Gasteiger charge is -2.17. The Bertz CT molecular complexity index is 880. The minimum atomic E-state index is -5.01. The Balaban J connectivity index is 2.79. The van der Waals surface area contributed by atoms with Crippen LogP contribution in [0.25, 0.3) is 5.69 Å². The standard InChI is InChI=1S/C13H3Cl4F6NO/c14-5-1-4(12(18,19)20)2-6(15)10(5)24-3-7(16)8(13(21,22)23)9(17)11(24)25/h1-3H. The largest absolute Gasteiger partial charge is 0.419 e. The summed E-state index contributed by atoms with van der Waals surface area (Å²) in [5.74, 6) is 0. The lowest BCUT2D eigenvalue weighted by molar-refractivity contribution is -0.138. The van der Waals surface area contributed by atoms with E-state index in [1.807, 2.05) is 0 Å². The van der Waals surface area contributed by atoms with Crippen molar-refractivity contribution >= 4 is 46.4 Å². The molecule has 0 aliphatic carbocycles. The molecule has 0 fully saturated rings. The summed E-state index contributed by atoms with van der Waals surface area (Å²) in [7, 11) is 0. The maximum Gasteiger partial charge on any atom is 0.419 e. The third kappa shape index (κ3) is 3.86. The molecule has 0 unspecified atom stereocenters. The second-order valence-corrected chi connectivity index (χ2v) is 6.22. The highest BCUT2D eigenvalue weighted by molar-refractivity contribution is 6.38. The fourth-order valence-corrected chi connectivity index (χ4v) is 3.26. The average Bonchev–Trinajstić information content (AvgIpc) is 2.40. The zero-order chi connectivity index (χ0) is 19.3. The highest BCUT2D eigenvalue weighted by atomic mass is 35.5. The second-order valence-electron chi connectivity index (χ2n) is 4.63. The van der Waals surface area contributed by atoms with Gasteiger partial charge in [0.05, 0.1) is 31.9 Å².